The molecule has 0 heterocycles. The molecule has 0 saturated heterocycles. The quantitative estimate of drug-likeness (QED) is 0.359. The molecule has 7 nitrogen and oxygen atoms in total. The summed E-state index contributed by atoms with van der Waals surface area (Å²) >= 11 is -2.34. The van der Waals surface area contributed by atoms with Crippen LogP contribution in [0.1, 0.15) is 59.8 Å². The van der Waals surface area contributed by atoms with E-state index in [4.69, 9.17) is 0 Å². The summed E-state index contributed by atoms with van der Waals surface area (Å²) in [6.45, 7) is 10.7. The third-order valence-corrected chi connectivity index (χ3v) is 5.41. The first-order chi connectivity index (χ1) is 11.0. The van der Waals surface area contributed by atoms with Crippen LogP contribution >= 0.6 is 0 Å². The summed E-state index contributed by atoms with van der Waals surface area (Å²) < 4.78 is 8.22. The summed E-state index contributed by atoms with van der Waals surface area (Å²) in [6, 6.07) is 0. The standard InChI is InChI=1S/C9H20N2O.2C3H7NO.Al/c1-3-11(4-2)8-6-5-7-9(10)12;2*1-2-3(4)5;/h3-8H2,1-2H3,(H2,10,12);2*2H2,1H3,(H2,4,5);/q;;;+3/p-3. The van der Waals surface area contributed by atoms with Crippen molar-refractivity contribution in [2.24, 2.45) is 0 Å². The van der Waals surface area contributed by atoms with Crippen molar-refractivity contribution in [3.8, 4) is 0 Å². The SMILES string of the molecule is CCC(=O)[NH][Al]([NH]C(=O)CC)[NH]C(=O)CCCCN(CC)CC. The summed E-state index contributed by atoms with van der Waals surface area (Å²) in [6.07, 6.45) is 2.82. The van der Waals surface area contributed by atoms with Crippen molar-refractivity contribution in [2.75, 3.05) is 19.6 Å². The van der Waals surface area contributed by atoms with Gasteiger partial charge in [0.15, 0.2) is 17.7 Å². The van der Waals surface area contributed by atoms with Crippen LogP contribution in [0.2, 0.25) is 0 Å². The Labute approximate surface area is 144 Å². The maximum Gasteiger partial charge on any atom is 0.740 e. The van der Waals surface area contributed by atoms with Crippen LogP contribution in [0.4, 0.5) is 0 Å². The molecule has 3 N–H and O–H groups in total. The average Bonchev–Trinajstić information content (AvgIpc) is 2.54. The van der Waals surface area contributed by atoms with E-state index in [2.05, 4.69) is 31.6 Å². The van der Waals surface area contributed by atoms with E-state index in [1.54, 1.807) is 13.8 Å². The molecule has 0 aliphatic rings. The maximum absolute atomic E-state index is 12.0. The smallest absolute Gasteiger partial charge is 0.409 e. The number of carbonyl (C=O) groups is 3. The number of unbranched alkanes of at least 4 members (excludes halogenated alkanes) is 1. The Morgan fingerprint density at radius 2 is 1.26 bits per heavy atom. The number of nitrogens with one attached hydrogen (secondary N) is 3. The van der Waals surface area contributed by atoms with Gasteiger partial charge in [-0.05, 0) is 32.5 Å². The van der Waals surface area contributed by atoms with E-state index in [9.17, 15) is 14.4 Å². The fourth-order valence-electron chi connectivity index (χ4n) is 2.03. The first-order valence-electron chi connectivity index (χ1n) is 8.57. The highest BCUT2D eigenvalue weighted by molar-refractivity contribution is 6.59. The van der Waals surface area contributed by atoms with E-state index in [1.807, 2.05) is 0 Å². The van der Waals surface area contributed by atoms with E-state index in [0.717, 1.165) is 32.5 Å². The van der Waals surface area contributed by atoms with Crippen LogP contribution in [0.25, 0.3) is 0 Å². The van der Waals surface area contributed by atoms with Gasteiger partial charge in [-0.3, -0.25) is 14.4 Å². The molecule has 0 bridgehead atoms. The van der Waals surface area contributed by atoms with Crippen LogP contribution < -0.4 is 12.9 Å². The van der Waals surface area contributed by atoms with Crippen molar-refractivity contribution in [3.05, 3.63) is 0 Å². The lowest BCUT2D eigenvalue weighted by Crippen LogP contribution is -2.62. The van der Waals surface area contributed by atoms with E-state index in [1.165, 1.54) is 0 Å². The van der Waals surface area contributed by atoms with E-state index < -0.39 is 14.8 Å². The van der Waals surface area contributed by atoms with E-state index >= 15 is 0 Å². The largest absolute Gasteiger partial charge is 0.740 e. The maximum atomic E-state index is 12.0. The molecule has 8 heteroatoms. The predicted octanol–water partition coefficient (Wildman–Crippen LogP) is 0.652. The van der Waals surface area contributed by atoms with Crippen LogP contribution in [0.5, 0.6) is 0 Å². The molecule has 0 rings (SSSR count). The summed E-state index contributed by atoms with van der Waals surface area (Å²) in [5.74, 6) is -0.450. The van der Waals surface area contributed by atoms with Crippen LogP contribution in [-0.4, -0.2) is 57.1 Å². The van der Waals surface area contributed by atoms with E-state index in [0.29, 0.717) is 19.3 Å². The van der Waals surface area contributed by atoms with Gasteiger partial charge < -0.3 is 17.8 Å². The lowest BCUT2D eigenvalue weighted by molar-refractivity contribution is -0.120. The van der Waals surface area contributed by atoms with Crippen LogP contribution in [-0.2, 0) is 14.4 Å². The molecule has 0 spiro atoms. The van der Waals surface area contributed by atoms with Crippen molar-refractivity contribution in [2.45, 2.75) is 59.8 Å². The molecule has 0 atom stereocenters. The predicted molar refractivity (Wildman–Crippen MR) is 92.4 cm³/mol. The molecule has 132 valence electrons. The topological polar surface area (TPSA) is 90.5 Å². The third-order valence-electron chi connectivity index (χ3n) is 3.58. The number of rotatable bonds is 12. The Bertz CT molecular complexity index is 358. The van der Waals surface area contributed by atoms with Crippen molar-refractivity contribution >= 4 is 32.5 Å². The highest BCUT2D eigenvalue weighted by Crippen LogP contribution is 1.99. The Morgan fingerprint density at radius 1 is 0.783 bits per heavy atom. The van der Waals surface area contributed by atoms with E-state index in [-0.39, 0.29) is 17.7 Å². The Hall–Kier alpha value is -1.10. The molecule has 23 heavy (non-hydrogen) atoms. The monoisotopic (exact) mass is 342 g/mol. The summed E-state index contributed by atoms with van der Waals surface area (Å²) in [5, 5.41) is 0. The molecule has 0 fully saturated rings. The van der Waals surface area contributed by atoms with Gasteiger partial charge in [0.05, 0.1) is 0 Å². The highest BCUT2D eigenvalue weighted by atomic mass is 27.2. The number of carbonyl (C=O) groups excluding carboxylic acids is 3. The van der Waals surface area contributed by atoms with Crippen molar-refractivity contribution in [1.82, 2.24) is 17.8 Å². The Kier molecular flexibility index (Phi) is 12.7. The second kappa shape index (κ2) is 13.4. The zero-order valence-corrected chi connectivity index (χ0v) is 16.1. The molecule has 0 aromatic rings. The third kappa shape index (κ3) is 11.1. The second-order valence-electron chi connectivity index (χ2n) is 5.33. The molecule has 0 saturated carbocycles. The second-order valence-corrected chi connectivity index (χ2v) is 7.06. The fourth-order valence-corrected chi connectivity index (χ4v) is 3.76. The molecular formula is C15H31AlN4O3. The number of amides is 3. The van der Waals surface area contributed by atoms with Crippen LogP contribution in [0, 0.1) is 0 Å². The van der Waals surface area contributed by atoms with Gasteiger partial charge in [-0.2, -0.15) is 0 Å². The zero-order valence-electron chi connectivity index (χ0n) is 14.9. The lowest BCUT2D eigenvalue weighted by Gasteiger charge is -2.18. The molecular weight excluding hydrogens is 311 g/mol. The van der Waals surface area contributed by atoms with Crippen LogP contribution in [0.3, 0.4) is 0 Å². The average molecular weight is 342 g/mol. The van der Waals surface area contributed by atoms with Gasteiger partial charge in [0.25, 0.3) is 0 Å². The van der Waals surface area contributed by atoms with Gasteiger partial charge in [0.1, 0.15) is 0 Å². The van der Waals surface area contributed by atoms with Gasteiger partial charge in [-0.25, -0.2) is 0 Å². The minimum Gasteiger partial charge on any atom is -0.409 e. The Balaban J connectivity index is 4.20. The normalized spacial score (nSPS) is 10.3. The molecule has 0 radical (unpaired) electrons. The van der Waals surface area contributed by atoms with Crippen LogP contribution in [0.15, 0.2) is 0 Å². The lowest BCUT2D eigenvalue weighted by atomic mass is 10.2. The first kappa shape index (κ1) is 21.9. The van der Waals surface area contributed by atoms with Gasteiger partial charge >= 0.3 is 14.8 Å². The summed E-state index contributed by atoms with van der Waals surface area (Å²) in [4.78, 5) is 37.3. The van der Waals surface area contributed by atoms with Gasteiger partial charge in [0, 0.05) is 19.3 Å². The number of nitrogens with zero attached hydrogens (tertiary/aromatic N) is 1. The molecule has 0 aliphatic heterocycles. The fraction of sp³-hybridized carbons (Fsp3) is 0.800. The van der Waals surface area contributed by atoms with Gasteiger partial charge in [-0.15, -0.1) is 0 Å². The minimum atomic E-state index is -2.34. The molecule has 0 aliphatic carbocycles. The van der Waals surface area contributed by atoms with Crippen molar-refractivity contribution < 1.29 is 14.4 Å². The molecule has 3 amide bonds. The number of hydrogen-bond acceptors (Lipinski definition) is 4. The highest BCUT2D eigenvalue weighted by Gasteiger charge is 2.29. The Morgan fingerprint density at radius 3 is 1.70 bits per heavy atom. The minimum absolute atomic E-state index is 0.117. The van der Waals surface area contributed by atoms with Gasteiger partial charge in [0.2, 0.25) is 0 Å². The van der Waals surface area contributed by atoms with Crippen molar-refractivity contribution in [3.63, 3.8) is 0 Å². The molecule has 0 aromatic heterocycles. The molecule has 0 unspecified atom stereocenters. The van der Waals surface area contributed by atoms with Gasteiger partial charge in [-0.1, -0.05) is 27.7 Å². The van der Waals surface area contributed by atoms with Crippen molar-refractivity contribution in [1.29, 1.82) is 0 Å². The first-order valence-corrected chi connectivity index (χ1v) is 10.3. The summed E-state index contributed by atoms with van der Waals surface area (Å²) in [7, 11) is 0. The summed E-state index contributed by atoms with van der Waals surface area (Å²) in [5.41, 5.74) is 0. The number of hydrogen-bond donors (Lipinski definition) is 3. The molecule has 0 aromatic carbocycles. The zero-order chi connectivity index (χ0) is 17.7.